The van der Waals surface area contributed by atoms with Crippen molar-refractivity contribution in [1.82, 2.24) is 19.3 Å². The van der Waals surface area contributed by atoms with E-state index >= 15 is 0 Å². The van der Waals surface area contributed by atoms with E-state index in [1.807, 2.05) is 37.3 Å². The summed E-state index contributed by atoms with van der Waals surface area (Å²) in [7, 11) is -1.97. The van der Waals surface area contributed by atoms with Crippen molar-refractivity contribution in [3.63, 3.8) is 0 Å². The van der Waals surface area contributed by atoms with Crippen LogP contribution in [0, 0.1) is 12.8 Å². The minimum absolute atomic E-state index is 0.131. The Bertz CT molecular complexity index is 1180. The van der Waals surface area contributed by atoms with Crippen molar-refractivity contribution < 1.29 is 17.7 Å². The second-order valence-corrected chi connectivity index (χ2v) is 10.0. The molecule has 0 N–H and O–H groups in total. The number of piperidine rings is 1. The maximum absolute atomic E-state index is 13.0. The number of sulfonamides is 1. The molecule has 32 heavy (non-hydrogen) atoms. The highest BCUT2D eigenvalue weighted by molar-refractivity contribution is 7.89. The third kappa shape index (κ3) is 4.73. The molecular weight excluding hydrogens is 428 g/mol. The van der Waals surface area contributed by atoms with Crippen LogP contribution in [0.5, 0.6) is 0 Å². The monoisotopic (exact) mass is 454 g/mol. The van der Waals surface area contributed by atoms with E-state index in [9.17, 15) is 13.2 Å². The summed E-state index contributed by atoms with van der Waals surface area (Å²) >= 11 is 0. The molecule has 1 atom stereocenters. The van der Waals surface area contributed by atoms with Crippen LogP contribution in [0.4, 0.5) is 0 Å². The van der Waals surface area contributed by atoms with Crippen LogP contribution in [0.25, 0.3) is 11.4 Å². The van der Waals surface area contributed by atoms with Crippen LogP contribution in [0.3, 0.4) is 0 Å². The topological polar surface area (TPSA) is 96.6 Å². The van der Waals surface area contributed by atoms with Gasteiger partial charge in [0, 0.05) is 25.7 Å². The largest absolute Gasteiger partial charge is 0.337 e. The lowest BCUT2D eigenvalue weighted by Gasteiger charge is -2.33. The summed E-state index contributed by atoms with van der Waals surface area (Å²) in [5.41, 5.74) is 1.83. The maximum Gasteiger partial charge on any atom is 0.246 e. The van der Waals surface area contributed by atoms with E-state index in [-0.39, 0.29) is 23.9 Å². The quantitative estimate of drug-likeness (QED) is 0.568. The zero-order chi connectivity index (χ0) is 22.7. The van der Waals surface area contributed by atoms with Gasteiger partial charge in [-0.25, -0.2) is 8.42 Å². The fourth-order valence-corrected chi connectivity index (χ4v) is 5.36. The Morgan fingerprint density at radius 1 is 1.16 bits per heavy atom. The van der Waals surface area contributed by atoms with Gasteiger partial charge in [0.15, 0.2) is 0 Å². The normalized spacial score (nSPS) is 17.2. The SMILES string of the molecule is Cc1ccc(S(=O)(=O)N2CCC[C@@H](C(=O)N(C)Cc3nc(-c4ccccc4)no3)C2)cc1. The molecule has 2 aromatic carbocycles. The number of carbonyl (C=O) groups excluding carboxylic acids is 1. The zero-order valence-electron chi connectivity index (χ0n) is 18.1. The molecule has 1 aliphatic rings. The van der Waals surface area contributed by atoms with Crippen molar-refractivity contribution in [1.29, 1.82) is 0 Å². The summed E-state index contributed by atoms with van der Waals surface area (Å²) in [5, 5.41) is 3.98. The summed E-state index contributed by atoms with van der Waals surface area (Å²) in [6, 6.07) is 16.2. The van der Waals surface area contributed by atoms with Crippen LogP contribution in [-0.2, 0) is 21.4 Å². The minimum Gasteiger partial charge on any atom is -0.337 e. The molecule has 0 radical (unpaired) electrons. The van der Waals surface area contributed by atoms with Gasteiger partial charge in [-0.1, -0.05) is 53.2 Å². The second kappa shape index (κ2) is 9.22. The van der Waals surface area contributed by atoms with Crippen LogP contribution in [-0.4, -0.2) is 53.8 Å². The first-order chi connectivity index (χ1) is 15.3. The highest BCUT2D eigenvalue weighted by Gasteiger charge is 2.34. The lowest BCUT2D eigenvalue weighted by atomic mass is 9.98. The molecule has 3 aromatic rings. The second-order valence-electron chi connectivity index (χ2n) is 8.09. The predicted octanol–water partition coefficient (Wildman–Crippen LogP) is 3.10. The van der Waals surface area contributed by atoms with Crippen molar-refractivity contribution >= 4 is 15.9 Å². The molecule has 1 amide bonds. The molecule has 0 unspecified atom stereocenters. The van der Waals surface area contributed by atoms with Crippen molar-refractivity contribution in [2.75, 3.05) is 20.1 Å². The number of nitrogens with zero attached hydrogens (tertiary/aromatic N) is 4. The summed E-state index contributed by atoms with van der Waals surface area (Å²) < 4.78 is 32.8. The fraction of sp³-hybridized carbons (Fsp3) is 0.348. The van der Waals surface area contributed by atoms with Gasteiger partial charge in [0.1, 0.15) is 0 Å². The van der Waals surface area contributed by atoms with E-state index in [1.165, 1.54) is 9.21 Å². The first-order valence-corrected chi connectivity index (χ1v) is 12.0. The molecule has 4 rings (SSSR count). The number of amides is 1. The van der Waals surface area contributed by atoms with Gasteiger partial charge < -0.3 is 9.42 Å². The number of benzene rings is 2. The highest BCUT2D eigenvalue weighted by Crippen LogP contribution is 2.25. The van der Waals surface area contributed by atoms with E-state index < -0.39 is 15.9 Å². The predicted molar refractivity (Wildman–Crippen MR) is 119 cm³/mol. The van der Waals surface area contributed by atoms with Gasteiger partial charge >= 0.3 is 0 Å². The number of aromatic nitrogens is 2. The van der Waals surface area contributed by atoms with Crippen LogP contribution < -0.4 is 0 Å². The van der Waals surface area contributed by atoms with E-state index in [1.54, 1.807) is 31.3 Å². The Morgan fingerprint density at radius 3 is 2.59 bits per heavy atom. The van der Waals surface area contributed by atoms with Crippen LogP contribution in [0.15, 0.2) is 64.0 Å². The highest BCUT2D eigenvalue weighted by atomic mass is 32.2. The molecule has 9 heteroatoms. The first kappa shape index (κ1) is 22.2. The number of aryl methyl sites for hydroxylation is 1. The summed E-state index contributed by atoms with van der Waals surface area (Å²) in [4.78, 5) is 19.2. The maximum atomic E-state index is 13.0. The average molecular weight is 455 g/mol. The summed E-state index contributed by atoms with van der Waals surface area (Å²) in [5.74, 6) is 0.257. The molecule has 1 aromatic heterocycles. The van der Waals surface area contributed by atoms with Gasteiger partial charge in [-0.3, -0.25) is 4.79 Å². The van der Waals surface area contributed by atoms with E-state index in [2.05, 4.69) is 10.1 Å². The minimum atomic E-state index is -3.64. The number of rotatable bonds is 6. The standard InChI is InChI=1S/C23H26N4O4S/c1-17-10-12-20(13-11-17)32(29,30)27-14-6-9-19(15-27)23(28)26(2)16-21-24-22(25-31-21)18-7-4-3-5-8-18/h3-5,7-8,10-13,19H,6,9,14-16H2,1-2H3/t19-/m1/s1. The number of hydrogen-bond acceptors (Lipinski definition) is 6. The van der Waals surface area contributed by atoms with E-state index in [0.29, 0.717) is 31.1 Å². The van der Waals surface area contributed by atoms with Gasteiger partial charge in [0.2, 0.25) is 27.6 Å². The molecule has 0 saturated carbocycles. The Kier molecular flexibility index (Phi) is 6.38. The van der Waals surface area contributed by atoms with Crippen molar-refractivity contribution in [2.24, 2.45) is 5.92 Å². The first-order valence-electron chi connectivity index (χ1n) is 10.5. The number of hydrogen-bond donors (Lipinski definition) is 0. The third-order valence-corrected chi connectivity index (χ3v) is 7.52. The van der Waals surface area contributed by atoms with E-state index in [4.69, 9.17) is 4.52 Å². The van der Waals surface area contributed by atoms with Gasteiger partial charge in [0.05, 0.1) is 17.4 Å². The molecule has 0 bridgehead atoms. The molecule has 1 aliphatic heterocycles. The third-order valence-electron chi connectivity index (χ3n) is 5.64. The summed E-state index contributed by atoms with van der Waals surface area (Å²) in [6.07, 6.45) is 1.27. The van der Waals surface area contributed by atoms with Crippen molar-refractivity contribution in [3.8, 4) is 11.4 Å². The van der Waals surface area contributed by atoms with Gasteiger partial charge in [-0.05, 0) is 31.9 Å². The molecule has 0 spiro atoms. The molecule has 1 fully saturated rings. The molecular formula is C23H26N4O4S. The fourth-order valence-electron chi connectivity index (χ4n) is 3.84. The Balaban J connectivity index is 1.41. The Labute approximate surface area is 187 Å². The van der Waals surface area contributed by atoms with Crippen LogP contribution in [0.1, 0.15) is 24.3 Å². The Hall–Kier alpha value is -3.04. The molecule has 8 nitrogen and oxygen atoms in total. The van der Waals surface area contributed by atoms with Gasteiger partial charge in [-0.15, -0.1) is 0 Å². The van der Waals surface area contributed by atoms with Crippen molar-refractivity contribution in [3.05, 3.63) is 66.1 Å². The molecule has 168 valence electrons. The van der Waals surface area contributed by atoms with Crippen LogP contribution in [0.2, 0.25) is 0 Å². The number of carbonyl (C=O) groups is 1. The summed E-state index contributed by atoms with van der Waals surface area (Å²) in [6.45, 7) is 2.65. The lowest BCUT2D eigenvalue weighted by molar-refractivity contribution is -0.136. The van der Waals surface area contributed by atoms with Crippen molar-refractivity contribution in [2.45, 2.75) is 31.2 Å². The smallest absolute Gasteiger partial charge is 0.246 e. The Morgan fingerprint density at radius 2 is 1.88 bits per heavy atom. The van der Waals surface area contributed by atoms with E-state index in [0.717, 1.165) is 11.1 Å². The lowest BCUT2D eigenvalue weighted by Crippen LogP contribution is -2.45. The molecule has 1 saturated heterocycles. The van der Waals surface area contributed by atoms with Gasteiger partial charge in [0.25, 0.3) is 0 Å². The van der Waals surface area contributed by atoms with Gasteiger partial charge in [-0.2, -0.15) is 9.29 Å². The molecule has 0 aliphatic carbocycles. The van der Waals surface area contributed by atoms with Crippen LogP contribution >= 0.6 is 0 Å². The zero-order valence-corrected chi connectivity index (χ0v) is 19.0. The molecule has 2 heterocycles. The average Bonchev–Trinajstić information content (AvgIpc) is 3.28.